The summed E-state index contributed by atoms with van der Waals surface area (Å²) in [5.41, 5.74) is 2.35. The van der Waals surface area contributed by atoms with Crippen molar-refractivity contribution >= 4 is 0 Å². The Bertz CT molecular complexity index is 746. The molecule has 1 aromatic carbocycles. The number of aromatic nitrogens is 2. The molecule has 0 unspecified atom stereocenters. The van der Waals surface area contributed by atoms with Crippen LogP contribution in [0.15, 0.2) is 36.7 Å². The zero-order valence-corrected chi connectivity index (χ0v) is 16.5. The Kier molecular flexibility index (Phi) is 6.26. The van der Waals surface area contributed by atoms with E-state index in [9.17, 15) is 5.11 Å². The van der Waals surface area contributed by atoms with E-state index < -0.39 is 0 Å². The van der Waals surface area contributed by atoms with Crippen molar-refractivity contribution in [3.63, 3.8) is 0 Å². The Labute approximate surface area is 166 Å². The van der Waals surface area contributed by atoms with Gasteiger partial charge >= 0.3 is 0 Å². The van der Waals surface area contributed by atoms with E-state index in [4.69, 9.17) is 9.47 Å². The number of hydrogen-bond acceptors (Lipinski definition) is 6. The lowest BCUT2D eigenvalue weighted by Crippen LogP contribution is -2.56. The number of nitrogens with zero attached hydrogens (tertiary/aromatic N) is 4. The highest BCUT2D eigenvalue weighted by molar-refractivity contribution is 5.37. The largest absolute Gasteiger partial charge is 0.496 e. The first-order valence-electron chi connectivity index (χ1n) is 10.1. The van der Waals surface area contributed by atoms with Gasteiger partial charge in [-0.2, -0.15) is 5.10 Å². The lowest BCUT2D eigenvalue weighted by Gasteiger charge is -2.43. The van der Waals surface area contributed by atoms with Crippen molar-refractivity contribution in [2.45, 2.75) is 31.7 Å². The average Bonchev–Trinajstić information content (AvgIpc) is 3.22. The molecule has 0 spiro atoms. The van der Waals surface area contributed by atoms with Gasteiger partial charge in [-0.15, -0.1) is 0 Å². The van der Waals surface area contributed by atoms with E-state index in [2.05, 4.69) is 27.0 Å². The molecule has 1 N–H and O–H groups in total. The van der Waals surface area contributed by atoms with Gasteiger partial charge in [-0.1, -0.05) is 6.07 Å². The molecular weight excluding hydrogens is 356 g/mol. The summed E-state index contributed by atoms with van der Waals surface area (Å²) in [6, 6.07) is 8.53. The number of aliphatic hydroxyl groups excluding tert-OH is 1. The Morgan fingerprint density at radius 1 is 1.21 bits per heavy atom. The number of rotatable bonds is 6. The van der Waals surface area contributed by atoms with Gasteiger partial charge in [0, 0.05) is 56.7 Å². The van der Waals surface area contributed by atoms with E-state index in [0.29, 0.717) is 13.1 Å². The number of morpholine rings is 1. The first-order valence-corrected chi connectivity index (χ1v) is 10.1. The minimum atomic E-state index is -0.311. The number of aliphatic hydroxyl groups is 1. The van der Waals surface area contributed by atoms with Crippen LogP contribution in [0.5, 0.6) is 5.75 Å². The molecule has 7 nitrogen and oxygen atoms in total. The maximum atomic E-state index is 10.7. The molecule has 152 valence electrons. The zero-order chi connectivity index (χ0) is 19.3. The lowest BCUT2D eigenvalue weighted by atomic mass is 9.98. The molecule has 3 heterocycles. The van der Waals surface area contributed by atoms with Gasteiger partial charge in [0.15, 0.2) is 0 Å². The minimum Gasteiger partial charge on any atom is -0.496 e. The van der Waals surface area contributed by atoms with Crippen LogP contribution in [0.2, 0.25) is 0 Å². The van der Waals surface area contributed by atoms with Gasteiger partial charge in [-0.25, -0.2) is 0 Å². The SMILES string of the molecule is COc1ccc(CN2CC[C@H](N3CCOCC3)[C@@H](O)C2)cc1Cn1cccn1. The second-order valence-electron chi connectivity index (χ2n) is 7.66. The molecule has 2 aliphatic heterocycles. The molecule has 4 rings (SSSR count). The molecule has 0 saturated carbocycles. The molecule has 28 heavy (non-hydrogen) atoms. The highest BCUT2D eigenvalue weighted by atomic mass is 16.5. The summed E-state index contributed by atoms with van der Waals surface area (Å²) < 4.78 is 12.9. The van der Waals surface area contributed by atoms with Crippen LogP contribution >= 0.6 is 0 Å². The first kappa shape index (κ1) is 19.4. The molecule has 0 radical (unpaired) electrons. The summed E-state index contributed by atoms with van der Waals surface area (Å²) >= 11 is 0. The van der Waals surface area contributed by atoms with Crippen molar-refractivity contribution < 1.29 is 14.6 Å². The number of benzene rings is 1. The van der Waals surface area contributed by atoms with Gasteiger partial charge in [0.25, 0.3) is 0 Å². The number of hydrogen-bond donors (Lipinski definition) is 1. The topological polar surface area (TPSA) is 63.0 Å². The van der Waals surface area contributed by atoms with E-state index in [0.717, 1.165) is 57.1 Å². The summed E-state index contributed by atoms with van der Waals surface area (Å²) in [6.07, 6.45) is 4.43. The standard InChI is InChI=1S/C21H30N4O3/c1-27-21-4-3-17(13-18(21)15-25-7-2-6-22-25)14-23-8-5-19(20(26)16-23)24-9-11-28-12-10-24/h2-4,6-7,13,19-20,26H,5,8-12,14-16H2,1H3/t19-,20-/m0/s1. The van der Waals surface area contributed by atoms with Crippen LogP contribution in [0.3, 0.4) is 0 Å². The summed E-state index contributed by atoms with van der Waals surface area (Å²) in [5, 5.41) is 15.0. The number of piperidine rings is 1. The maximum absolute atomic E-state index is 10.7. The molecule has 0 bridgehead atoms. The van der Waals surface area contributed by atoms with Crippen LogP contribution in [0, 0.1) is 0 Å². The third-order valence-corrected chi connectivity index (χ3v) is 5.79. The van der Waals surface area contributed by atoms with Gasteiger partial charge in [0.2, 0.25) is 0 Å². The van der Waals surface area contributed by atoms with E-state index in [1.54, 1.807) is 13.3 Å². The highest BCUT2D eigenvalue weighted by Gasteiger charge is 2.32. The average molecular weight is 386 g/mol. The summed E-state index contributed by atoms with van der Waals surface area (Å²) in [6.45, 7) is 6.64. The predicted molar refractivity (Wildman–Crippen MR) is 106 cm³/mol. The van der Waals surface area contributed by atoms with Crippen molar-refractivity contribution in [3.8, 4) is 5.75 Å². The number of β-amino-alcohol motifs (C(OH)–C–C–N with tert-alkyl or cyclic N) is 1. The van der Waals surface area contributed by atoms with E-state index in [-0.39, 0.29) is 12.1 Å². The molecule has 2 saturated heterocycles. The molecule has 2 atom stereocenters. The first-order chi connectivity index (χ1) is 13.7. The van der Waals surface area contributed by atoms with Crippen molar-refractivity contribution in [2.24, 2.45) is 0 Å². The Balaban J connectivity index is 1.39. The van der Waals surface area contributed by atoms with Crippen LogP contribution < -0.4 is 4.74 Å². The molecule has 0 amide bonds. The molecule has 0 aliphatic carbocycles. The van der Waals surface area contributed by atoms with Crippen LogP contribution in [0.1, 0.15) is 17.5 Å². The van der Waals surface area contributed by atoms with Crippen LogP contribution in [0.25, 0.3) is 0 Å². The normalized spacial score (nSPS) is 24.4. The summed E-state index contributed by atoms with van der Waals surface area (Å²) in [4.78, 5) is 4.74. The fourth-order valence-electron chi connectivity index (χ4n) is 4.34. The summed E-state index contributed by atoms with van der Waals surface area (Å²) in [5.74, 6) is 0.880. The fourth-order valence-corrected chi connectivity index (χ4v) is 4.34. The number of ether oxygens (including phenoxy) is 2. The third kappa shape index (κ3) is 4.55. The number of likely N-dealkylation sites (tertiary alicyclic amines) is 1. The molecular formula is C21H30N4O3. The maximum Gasteiger partial charge on any atom is 0.123 e. The quantitative estimate of drug-likeness (QED) is 0.805. The minimum absolute atomic E-state index is 0.256. The molecule has 2 aromatic rings. The van der Waals surface area contributed by atoms with Crippen LogP contribution in [-0.2, 0) is 17.8 Å². The molecule has 7 heteroatoms. The highest BCUT2D eigenvalue weighted by Crippen LogP contribution is 2.24. The summed E-state index contributed by atoms with van der Waals surface area (Å²) in [7, 11) is 1.70. The Hall–Kier alpha value is -1.93. The second kappa shape index (κ2) is 9.05. The van der Waals surface area contributed by atoms with E-state index in [1.807, 2.05) is 23.0 Å². The third-order valence-electron chi connectivity index (χ3n) is 5.79. The smallest absolute Gasteiger partial charge is 0.123 e. The molecule has 2 aliphatic rings. The van der Waals surface area contributed by atoms with Gasteiger partial charge in [0.1, 0.15) is 5.75 Å². The lowest BCUT2D eigenvalue weighted by molar-refractivity contribution is -0.0534. The predicted octanol–water partition coefficient (Wildman–Crippen LogP) is 1.21. The van der Waals surface area contributed by atoms with E-state index in [1.165, 1.54) is 5.56 Å². The Morgan fingerprint density at radius 2 is 2.07 bits per heavy atom. The van der Waals surface area contributed by atoms with Gasteiger partial charge in [0.05, 0.1) is 33.0 Å². The molecule has 1 aromatic heterocycles. The van der Waals surface area contributed by atoms with Crippen molar-refractivity contribution in [1.82, 2.24) is 19.6 Å². The fraction of sp³-hybridized carbons (Fsp3) is 0.571. The second-order valence-corrected chi connectivity index (χ2v) is 7.66. The van der Waals surface area contributed by atoms with Crippen LogP contribution in [-0.4, -0.2) is 83.3 Å². The van der Waals surface area contributed by atoms with Gasteiger partial charge in [-0.05, 0) is 30.2 Å². The van der Waals surface area contributed by atoms with Crippen molar-refractivity contribution in [2.75, 3.05) is 46.5 Å². The zero-order valence-electron chi connectivity index (χ0n) is 16.5. The monoisotopic (exact) mass is 386 g/mol. The van der Waals surface area contributed by atoms with Crippen molar-refractivity contribution in [3.05, 3.63) is 47.8 Å². The van der Waals surface area contributed by atoms with E-state index >= 15 is 0 Å². The Morgan fingerprint density at radius 3 is 2.79 bits per heavy atom. The van der Waals surface area contributed by atoms with Gasteiger partial charge in [-0.3, -0.25) is 14.5 Å². The van der Waals surface area contributed by atoms with Crippen molar-refractivity contribution in [1.29, 1.82) is 0 Å². The molecule has 2 fully saturated rings. The number of methoxy groups -OCH3 is 1. The van der Waals surface area contributed by atoms with Gasteiger partial charge < -0.3 is 14.6 Å². The van der Waals surface area contributed by atoms with Crippen LogP contribution in [0.4, 0.5) is 0 Å².